The van der Waals surface area contributed by atoms with E-state index in [1.54, 1.807) is 0 Å². The second kappa shape index (κ2) is 1.50. The third-order valence-corrected chi connectivity index (χ3v) is 2.21. The van der Waals surface area contributed by atoms with Gasteiger partial charge in [0.25, 0.3) is 0 Å². The van der Waals surface area contributed by atoms with Crippen molar-refractivity contribution in [3.05, 3.63) is 6.42 Å². The van der Waals surface area contributed by atoms with E-state index in [1.165, 1.54) is 19.3 Å². The molecule has 0 N–H and O–H groups in total. The smallest absolute Gasteiger partial charge is 0.0271 e. The summed E-state index contributed by atoms with van der Waals surface area (Å²) in [6.45, 7) is 4.45. The van der Waals surface area contributed by atoms with Gasteiger partial charge in [0.1, 0.15) is 0 Å². The number of hydrogen-bond acceptors (Lipinski definition) is 0. The van der Waals surface area contributed by atoms with Crippen molar-refractivity contribution in [3.63, 3.8) is 0 Å². The average molecular weight is 97.2 g/mol. The molecule has 0 bridgehead atoms. The van der Waals surface area contributed by atoms with E-state index < -0.39 is 0 Å². The molecule has 0 aliphatic heterocycles. The summed E-state index contributed by atoms with van der Waals surface area (Å²) < 4.78 is 0. The Morgan fingerprint density at radius 2 is 2.14 bits per heavy atom. The lowest BCUT2D eigenvalue weighted by molar-refractivity contribution is 0.576. The first-order valence-electron chi connectivity index (χ1n) is 3.13. The van der Waals surface area contributed by atoms with Gasteiger partial charge in [-0.05, 0) is 24.7 Å². The van der Waals surface area contributed by atoms with Gasteiger partial charge in [0.15, 0.2) is 0 Å². The van der Waals surface area contributed by atoms with Gasteiger partial charge in [-0.3, -0.25) is 0 Å². The second-order valence-electron chi connectivity index (χ2n) is 2.50. The fourth-order valence-electron chi connectivity index (χ4n) is 1.01. The Bertz CT molecular complexity index is 54.4. The highest BCUT2D eigenvalue weighted by atomic mass is 14.4. The van der Waals surface area contributed by atoms with Crippen LogP contribution in [0.1, 0.15) is 33.1 Å². The van der Waals surface area contributed by atoms with Crippen molar-refractivity contribution in [1.29, 1.82) is 0 Å². The molecule has 1 radical (unpaired) electrons. The molecule has 41 valence electrons. The van der Waals surface area contributed by atoms with Crippen molar-refractivity contribution in [3.8, 4) is 0 Å². The Kier molecular flexibility index (Phi) is 1.10. The molecule has 7 heavy (non-hydrogen) atoms. The van der Waals surface area contributed by atoms with E-state index >= 15 is 0 Å². The van der Waals surface area contributed by atoms with Gasteiger partial charge < -0.3 is 0 Å². The molecule has 1 aliphatic carbocycles. The van der Waals surface area contributed by atoms with Crippen molar-refractivity contribution in [2.24, 2.45) is 5.41 Å². The first-order valence-corrected chi connectivity index (χ1v) is 3.13. The minimum absolute atomic E-state index is 0.708. The molecule has 0 saturated heterocycles. The standard InChI is InChI=1S/C7H13/c1-3-7(4-2)5-6-7/h3H,4-6H2,1-2H3. The van der Waals surface area contributed by atoms with E-state index in [-0.39, 0.29) is 0 Å². The summed E-state index contributed by atoms with van der Waals surface area (Å²) in [7, 11) is 0. The van der Waals surface area contributed by atoms with Crippen LogP contribution in [0, 0.1) is 11.8 Å². The van der Waals surface area contributed by atoms with E-state index in [4.69, 9.17) is 0 Å². The lowest BCUT2D eigenvalue weighted by atomic mass is 10.0. The molecule has 0 unspecified atom stereocenters. The normalized spacial score (nSPS) is 24.9. The van der Waals surface area contributed by atoms with E-state index in [1.807, 2.05) is 0 Å². The maximum Gasteiger partial charge on any atom is -0.0271 e. The van der Waals surface area contributed by atoms with Gasteiger partial charge in [0.2, 0.25) is 0 Å². The minimum atomic E-state index is 0.708. The van der Waals surface area contributed by atoms with E-state index in [2.05, 4.69) is 20.3 Å². The summed E-state index contributed by atoms with van der Waals surface area (Å²) >= 11 is 0. The first-order chi connectivity index (χ1) is 3.33. The summed E-state index contributed by atoms with van der Waals surface area (Å²) in [4.78, 5) is 0. The highest BCUT2D eigenvalue weighted by Gasteiger charge is 2.38. The summed E-state index contributed by atoms with van der Waals surface area (Å²) in [6.07, 6.45) is 6.59. The van der Waals surface area contributed by atoms with Crippen LogP contribution in [0.15, 0.2) is 0 Å². The predicted octanol–water partition coefficient (Wildman–Crippen LogP) is 2.40. The van der Waals surface area contributed by atoms with Crippen molar-refractivity contribution < 1.29 is 0 Å². The van der Waals surface area contributed by atoms with E-state index in [9.17, 15) is 0 Å². The van der Waals surface area contributed by atoms with Crippen molar-refractivity contribution in [2.75, 3.05) is 0 Å². The Morgan fingerprint density at radius 3 is 2.14 bits per heavy atom. The minimum Gasteiger partial charge on any atom is -0.0648 e. The maximum absolute atomic E-state index is 2.35. The van der Waals surface area contributed by atoms with Crippen molar-refractivity contribution in [1.82, 2.24) is 0 Å². The molecule has 0 aromatic rings. The Morgan fingerprint density at radius 1 is 1.57 bits per heavy atom. The molecule has 1 saturated carbocycles. The fraction of sp³-hybridized carbons (Fsp3) is 0.857. The molecule has 1 fully saturated rings. The van der Waals surface area contributed by atoms with Gasteiger partial charge >= 0.3 is 0 Å². The Hall–Kier alpha value is 0. The monoisotopic (exact) mass is 97.1 g/mol. The second-order valence-corrected chi connectivity index (χ2v) is 2.50. The van der Waals surface area contributed by atoms with Gasteiger partial charge in [0.05, 0.1) is 0 Å². The van der Waals surface area contributed by atoms with Gasteiger partial charge in [0, 0.05) is 0 Å². The highest BCUT2D eigenvalue weighted by Crippen LogP contribution is 2.50. The molecular weight excluding hydrogens is 84.1 g/mol. The van der Waals surface area contributed by atoms with Crippen molar-refractivity contribution >= 4 is 0 Å². The lowest BCUT2D eigenvalue weighted by Crippen LogP contribution is -1.93. The van der Waals surface area contributed by atoms with Crippen LogP contribution in [0.25, 0.3) is 0 Å². The summed E-state index contributed by atoms with van der Waals surface area (Å²) in [6, 6.07) is 0. The molecule has 1 rings (SSSR count). The molecule has 0 amide bonds. The SMILES string of the molecule is C[CH]C1(CC)CC1. The maximum atomic E-state index is 2.35. The van der Waals surface area contributed by atoms with Crippen LogP contribution in [0.4, 0.5) is 0 Å². The molecule has 0 aromatic heterocycles. The zero-order chi connectivity index (χ0) is 5.33. The van der Waals surface area contributed by atoms with Crippen LogP contribution in [-0.2, 0) is 0 Å². The number of rotatable bonds is 2. The average Bonchev–Trinajstić information content (AvgIpc) is 2.46. The summed E-state index contributed by atoms with van der Waals surface area (Å²) in [5.74, 6) is 0. The van der Waals surface area contributed by atoms with Gasteiger partial charge in [-0.25, -0.2) is 0 Å². The van der Waals surface area contributed by atoms with Crippen molar-refractivity contribution in [2.45, 2.75) is 33.1 Å². The molecular formula is C7H13. The highest BCUT2D eigenvalue weighted by molar-refractivity contribution is 5.00. The molecule has 0 heterocycles. The third kappa shape index (κ3) is 0.793. The zero-order valence-electron chi connectivity index (χ0n) is 5.20. The summed E-state index contributed by atoms with van der Waals surface area (Å²) in [5.41, 5.74) is 0.708. The van der Waals surface area contributed by atoms with E-state index in [0.29, 0.717) is 5.41 Å². The molecule has 1 aliphatic rings. The summed E-state index contributed by atoms with van der Waals surface area (Å²) in [5, 5.41) is 0. The lowest BCUT2D eigenvalue weighted by Gasteiger charge is -2.04. The molecule has 0 heteroatoms. The van der Waals surface area contributed by atoms with Crippen LogP contribution < -0.4 is 0 Å². The van der Waals surface area contributed by atoms with Gasteiger partial charge in [-0.15, -0.1) is 0 Å². The zero-order valence-corrected chi connectivity index (χ0v) is 5.20. The quantitative estimate of drug-likeness (QED) is 0.496. The van der Waals surface area contributed by atoms with E-state index in [0.717, 1.165) is 0 Å². The van der Waals surface area contributed by atoms with Crippen LogP contribution in [0.2, 0.25) is 0 Å². The largest absolute Gasteiger partial charge is 0.0648 e. The Labute approximate surface area is 45.9 Å². The van der Waals surface area contributed by atoms with Gasteiger partial charge in [-0.1, -0.05) is 20.3 Å². The van der Waals surface area contributed by atoms with Crippen LogP contribution >= 0.6 is 0 Å². The molecule has 0 spiro atoms. The predicted molar refractivity (Wildman–Crippen MR) is 31.9 cm³/mol. The molecule has 0 atom stereocenters. The van der Waals surface area contributed by atoms with Crippen LogP contribution in [0.3, 0.4) is 0 Å². The molecule has 0 aromatic carbocycles. The van der Waals surface area contributed by atoms with Crippen LogP contribution in [0.5, 0.6) is 0 Å². The Balaban J connectivity index is 2.28. The topological polar surface area (TPSA) is 0 Å². The van der Waals surface area contributed by atoms with Gasteiger partial charge in [-0.2, -0.15) is 0 Å². The molecule has 0 nitrogen and oxygen atoms in total. The first kappa shape index (κ1) is 5.14. The van der Waals surface area contributed by atoms with Crippen LogP contribution in [-0.4, -0.2) is 0 Å². The fourth-order valence-corrected chi connectivity index (χ4v) is 1.01. The number of hydrogen-bond donors (Lipinski definition) is 0. The third-order valence-electron chi connectivity index (χ3n) is 2.21.